The maximum Gasteiger partial charge on any atom is 0.261 e. The molecule has 0 aliphatic heterocycles. The maximum atomic E-state index is 12.8. The second kappa shape index (κ2) is 8.14. The van der Waals surface area contributed by atoms with Crippen LogP contribution in [0, 0.1) is 27.7 Å². The van der Waals surface area contributed by atoms with Crippen LogP contribution in [0.1, 0.15) is 32.1 Å². The van der Waals surface area contributed by atoms with Crippen molar-refractivity contribution in [2.24, 2.45) is 0 Å². The van der Waals surface area contributed by atoms with Crippen molar-refractivity contribution < 1.29 is 13.2 Å². The molecule has 0 radical (unpaired) electrons. The molecule has 9 heteroatoms. The molecule has 29 heavy (non-hydrogen) atoms. The summed E-state index contributed by atoms with van der Waals surface area (Å²) in [5, 5.41) is 3.26. The number of carbonyl (C=O) groups is 1. The summed E-state index contributed by atoms with van der Waals surface area (Å²) in [4.78, 5) is 17.8. The van der Waals surface area contributed by atoms with Crippen LogP contribution in [0.25, 0.3) is 0 Å². The predicted molar refractivity (Wildman–Crippen MR) is 118 cm³/mol. The predicted octanol–water partition coefficient (Wildman–Crippen LogP) is 5.08. The SMILES string of the molecule is Cc1ccc(NS(=O)(=O)c2ccc(Cl)c(C(=O)Nc3nc(C)c(C)s3)c2)cc1C. The van der Waals surface area contributed by atoms with Gasteiger partial charge in [-0.3, -0.25) is 14.8 Å². The lowest BCUT2D eigenvalue weighted by Crippen LogP contribution is -2.16. The Morgan fingerprint density at radius 3 is 2.38 bits per heavy atom. The fourth-order valence-electron chi connectivity index (χ4n) is 2.56. The van der Waals surface area contributed by atoms with Crippen LogP contribution in [-0.2, 0) is 10.0 Å². The number of nitrogens with one attached hydrogen (secondary N) is 2. The van der Waals surface area contributed by atoms with Gasteiger partial charge in [-0.1, -0.05) is 17.7 Å². The zero-order chi connectivity index (χ0) is 21.3. The first-order chi connectivity index (χ1) is 13.6. The normalized spacial score (nSPS) is 11.3. The van der Waals surface area contributed by atoms with Crippen molar-refractivity contribution in [3.05, 3.63) is 68.7 Å². The third-order valence-corrected chi connectivity index (χ3v) is 7.20. The van der Waals surface area contributed by atoms with E-state index in [1.54, 1.807) is 12.1 Å². The number of hydrogen-bond acceptors (Lipinski definition) is 5. The van der Waals surface area contributed by atoms with Gasteiger partial charge >= 0.3 is 0 Å². The number of carbonyl (C=O) groups excluding carboxylic acids is 1. The van der Waals surface area contributed by atoms with E-state index in [0.717, 1.165) is 21.7 Å². The van der Waals surface area contributed by atoms with Gasteiger partial charge in [-0.15, -0.1) is 11.3 Å². The summed E-state index contributed by atoms with van der Waals surface area (Å²) >= 11 is 7.49. The van der Waals surface area contributed by atoms with Crippen molar-refractivity contribution in [3.63, 3.8) is 0 Å². The van der Waals surface area contributed by atoms with E-state index in [9.17, 15) is 13.2 Å². The number of aromatic nitrogens is 1. The Morgan fingerprint density at radius 2 is 1.76 bits per heavy atom. The number of aryl methyl sites for hydroxylation is 4. The summed E-state index contributed by atoms with van der Waals surface area (Å²) in [7, 11) is -3.89. The second-order valence-electron chi connectivity index (χ2n) is 6.66. The minimum absolute atomic E-state index is 0.0557. The molecule has 0 atom stereocenters. The van der Waals surface area contributed by atoms with Gasteiger partial charge in [0.25, 0.3) is 15.9 Å². The Labute approximate surface area is 179 Å². The van der Waals surface area contributed by atoms with Crippen molar-refractivity contribution >= 4 is 49.7 Å². The van der Waals surface area contributed by atoms with Gasteiger partial charge in [0, 0.05) is 10.6 Å². The molecule has 0 saturated carbocycles. The number of anilines is 2. The molecule has 3 aromatic rings. The molecule has 2 N–H and O–H groups in total. The Kier molecular flexibility index (Phi) is 5.97. The molecule has 0 bridgehead atoms. The lowest BCUT2D eigenvalue weighted by molar-refractivity contribution is 0.102. The Bertz CT molecular complexity index is 1180. The third-order valence-electron chi connectivity index (χ3n) is 4.50. The van der Waals surface area contributed by atoms with E-state index in [1.807, 2.05) is 33.8 Å². The van der Waals surface area contributed by atoms with E-state index in [2.05, 4.69) is 15.0 Å². The summed E-state index contributed by atoms with van der Waals surface area (Å²) in [6.45, 7) is 7.60. The van der Waals surface area contributed by atoms with Gasteiger partial charge < -0.3 is 0 Å². The molecule has 0 unspecified atom stereocenters. The van der Waals surface area contributed by atoms with Crippen LogP contribution in [0.2, 0.25) is 5.02 Å². The summed E-state index contributed by atoms with van der Waals surface area (Å²) < 4.78 is 28.1. The van der Waals surface area contributed by atoms with Crippen molar-refractivity contribution in [2.75, 3.05) is 10.0 Å². The van der Waals surface area contributed by atoms with E-state index in [1.165, 1.54) is 29.5 Å². The van der Waals surface area contributed by atoms with Crippen molar-refractivity contribution in [1.82, 2.24) is 4.98 Å². The van der Waals surface area contributed by atoms with Gasteiger partial charge in [0.05, 0.1) is 21.2 Å². The van der Waals surface area contributed by atoms with E-state index in [0.29, 0.717) is 10.8 Å². The monoisotopic (exact) mass is 449 g/mol. The average molecular weight is 450 g/mol. The number of sulfonamides is 1. The fourth-order valence-corrected chi connectivity index (χ4v) is 4.64. The highest BCUT2D eigenvalue weighted by Crippen LogP contribution is 2.26. The summed E-state index contributed by atoms with van der Waals surface area (Å²) in [6.07, 6.45) is 0. The third kappa shape index (κ3) is 4.77. The molecular formula is C20H20ClN3O3S2. The summed E-state index contributed by atoms with van der Waals surface area (Å²) in [6, 6.07) is 9.30. The minimum atomic E-state index is -3.89. The number of hydrogen-bond donors (Lipinski definition) is 2. The number of thiazole rings is 1. The molecule has 1 heterocycles. The second-order valence-corrected chi connectivity index (χ2v) is 9.95. The molecule has 0 spiro atoms. The Morgan fingerprint density at radius 1 is 1.03 bits per heavy atom. The van der Waals surface area contributed by atoms with Crippen molar-refractivity contribution in [1.29, 1.82) is 0 Å². The van der Waals surface area contributed by atoms with Crippen molar-refractivity contribution in [3.8, 4) is 0 Å². The minimum Gasteiger partial charge on any atom is -0.298 e. The van der Waals surface area contributed by atoms with Crippen LogP contribution < -0.4 is 10.0 Å². The number of nitrogens with zero attached hydrogens (tertiary/aromatic N) is 1. The topological polar surface area (TPSA) is 88.2 Å². The van der Waals surface area contributed by atoms with Crippen LogP contribution in [0.15, 0.2) is 41.3 Å². The van der Waals surface area contributed by atoms with Gasteiger partial charge in [-0.05, 0) is 69.2 Å². The van der Waals surface area contributed by atoms with Gasteiger partial charge in [-0.25, -0.2) is 13.4 Å². The maximum absolute atomic E-state index is 12.8. The first-order valence-electron chi connectivity index (χ1n) is 8.72. The number of amides is 1. The largest absolute Gasteiger partial charge is 0.298 e. The fraction of sp³-hybridized carbons (Fsp3) is 0.200. The van der Waals surface area contributed by atoms with E-state index >= 15 is 0 Å². The van der Waals surface area contributed by atoms with Crippen LogP contribution in [0.3, 0.4) is 0 Å². The number of halogens is 1. The molecule has 0 saturated heterocycles. The van der Waals surface area contributed by atoms with Gasteiger partial charge in [-0.2, -0.15) is 0 Å². The molecular weight excluding hydrogens is 430 g/mol. The van der Waals surface area contributed by atoms with E-state index in [4.69, 9.17) is 11.6 Å². The van der Waals surface area contributed by atoms with Gasteiger partial charge in [0.1, 0.15) is 0 Å². The average Bonchev–Trinajstić information content (AvgIpc) is 2.95. The first kappa shape index (κ1) is 21.3. The first-order valence-corrected chi connectivity index (χ1v) is 11.4. The molecule has 1 aromatic heterocycles. The molecule has 0 aliphatic carbocycles. The highest BCUT2D eigenvalue weighted by Gasteiger charge is 2.20. The zero-order valence-electron chi connectivity index (χ0n) is 16.3. The summed E-state index contributed by atoms with van der Waals surface area (Å²) in [5.41, 5.74) is 3.36. The molecule has 3 rings (SSSR count). The standard InChI is InChI=1S/C20H20ClN3O3S2/c1-11-5-6-15(9-12(11)2)24-29(26,27)16-7-8-18(21)17(10-16)19(25)23-20-22-13(3)14(4)28-20/h5-10,24H,1-4H3,(H,22,23,25). The molecule has 2 aromatic carbocycles. The zero-order valence-corrected chi connectivity index (χ0v) is 18.7. The van der Waals surface area contributed by atoms with Crippen LogP contribution in [0.5, 0.6) is 0 Å². The Balaban J connectivity index is 1.88. The van der Waals surface area contributed by atoms with Crippen LogP contribution >= 0.6 is 22.9 Å². The van der Waals surface area contributed by atoms with Crippen molar-refractivity contribution in [2.45, 2.75) is 32.6 Å². The van der Waals surface area contributed by atoms with Crippen LogP contribution in [0.4, 0.5) is 10.8 Å². The highest BCUT2D eigenvalue weighted by molar-refractivity contribution is 7.92. The van der Waals surface area contributed by atoms with Crippen LogP contribution in [-0.4, -0.2) is 19.3 Å². The smallest absolute Gasteiger partial charge is 0.261 e. The lowest BCUT2D eigenvalue weighted by atomic mass is 10.1. The molecule has 152 valence electrons. The van der Waals surface area contributed by atoms with E-state index in [-0.39, 0.29) is 15.5 Å². The molecule has 1 amide bonds. The summed E-state index contributed by atoms with van der Waals surface area (Å²) in [5.74, 6) is -0.521. The number of rotatable bonds is 5. The number of benzene rings is 2. The quantitative estimate of drug-likeness (QED) is 0.568. The molecule has 0 aliphatic rings. The molecule has 0 fully saturated rings. The molecule has 6 nitrogen and oxygen atoms in total. The lowest BCUT2D eigenvalue weighted by Gasteiger charge is -2.11. The van der Waals surface area contributed by atoms with Gasteiger partial charge in [0.15, 0.2) is 5.13 Å². The highest BCUT2D eigenvalue weighted by atomic mass is 35.5. The van der Waals surface area contributed by atoms with E-state index < -0.39 is 15.9 Å². The Hall–Kier alpha value is -2.42. The van der Waals surface area contributed by atoms with Gasteiger partial charge in [0.2, 0.25) is 0 Å².